The summed E-state index contributed by atoms with van der Waals surface area (Å²) in [5.41, 5.74) is 6.14. The Labute approximate surface area is 188 Å². The largest absolute Gasteiger partial charge is 0.389 e. The van der Waals surface area contributed by atoms with E-state index in [4.69, 9.17) is 5.73 Å². The maximum atomic E-state index is 14.1. The lowest BCUT2D eigenvalue weighted by Crippen LogP contribution is -2.30. The number of halogens is 2. The second-order valence-corrected chi connectivity index (χ2v) is 8.72. The van der Waals surface area contributed by atoms with Crippen molar-refractivity contribution in [3.63, 3.8) is 0 Å². The molecule has 1 aromatic carbocycles. The molecule has 0 radical (unpaired) electrons. The zero-order chi connectivity index (χ0) is 22.8. The van der Waals surface area contributed by atoms with Crippen LogP contribution in [0, 0.1) is 11.6 Å². The summed E-state index contributed by atoms with van der Waals surface area (Å²) >= 11 is 0.865. The predicted molar refractivity (Wildman–Crippen MR) is 122 cm³/mol. The van der Waals surface area contributed by atoms with Gasteiger partial charge in [0.15, 0.2) is 11.5 Å². The molecular weight excluding hydrogens is 436 g/mol. The standard InChI is InChI=1S/C21H25F2N7OS/c1-25-12-5-4-9-30(10-8-12)21-15(11-26-29(21)2)27-19(31)17-18(24)32-20(28-17)16-13(22)6-3-7-14(16)23/h3,6-7,11-12,25H,4-5,8-10,24H2,1-2H3,(H,27,31)/t12-/m1/s1. The molecule has 8 nitrogen and oxygen atoms in total. The molecule has 0 saturated carbocycles. The van der Waals surface area contributed by atoms with Crippen molar-refractivity contribution in [3.8, 4) is 10.6 Å². The van der Waals surface area contributed by atoms with Crippen LogP contribution in [0.1, 0.15) is 29.8 Å². The molecule has 4 rings (SSSR count). The van der Waals surface area contributed by atoms with Crippen LogP contribution in [-0.4, -0.2) is 46.9 Å². The van der Waals surface area contributed by atoms with Crippen molar-refractivity contribution < 1.29 is 13.6 Å². The Morgan fingerprint density at radius 3 is 2.72 bits per heavy atom. The lowest BCUT2D eigenvalue weighted by molar-refractivity contribution is 0.102. The number of hydrogen-bond donors (Lipinski definition) is 3. The van der Waals surface area contributed by atoms with Gasteiger partial charge in [0.2, 0.25) is 0 Å². The van der Waals surface area contributed by atoms with Crippen LogP contribution in [0.4, 0.5) is 25.3 Å². The second-order valence-electron chi connectivity index (χ2n) is 7.69. The van der Waals surface area contributed by atoms with Gasteiger partial charge in [0.05, 0.1) is 11.8 Å². The van der Waals surface area contributed by atoms with Crippen LogP contribution in [0.3, 0.4) is 0 Å². The molecule has 1 saturated heterocycles. The predicted octanol–water partition coefficient (Wildman–Crippen LogP) is 3.23. The Morgan fingerprint density at radius 1 is 1.25 bits per heavy atom. The number of nitrogens with zero attached hydrogens (tertiary/aromatic N) is 4. The number of anilines is 3. The van der Waals surface area contributed by atoms with Gasteiger partial charge in [-0.25, -0.2) is 13.8 Å². The van der Waals surface area contributed by atoms with E-state index in [9.17, 15) is 13.6 Å². The van der Waals surface area contributed by atoms with Crippen molar-refractivity contribution in [2.75, 3.05) is 36.1 Å². The first-order valence-electron chi connectivity index (χ1n) is 10.3. The minimum atomic E-state index is -0.763. The number of thiazole rings is 1. The Morgan fingerprint density at radius 2 is 2.00 bits per heavy atom. The molecule has 1 amide bonds. The molecule has 1 aliphatic heterocycles. The van der Waals surface area contributed by atoms with Crippen LogP contribution in [0.2, 0.25) is 0 Å². The van der Waals surface area contributed by atoms with Gasteiger partial charge in [-0.3, -0.25) is 9.48 Å². The van der Waals surface area contributed by atoms with Crippen LogP contribution in [0.5, 0.6) is 0 Å². The van der Waals surface area contributed by atoms with E-state index in [0.29, 0.717) is 11.7 Å². The summed E-state index contributed by atoms with van der Waals surface area (Å²) in [4.78, 5) is 19.3. The van der Waals surface area contributed by atoms with Gasteiger partial charge in [-0.15, -0.1) is 0 Å². The quantitative estimate of drug-likeness (QED) is 0.539. The molecule has 4 N–H and O–H groups in total. The smallest absolute Gasteiger partial charge is 0.277 e. The maximum Gasteiger partial charge on any atom is 0.277 e. The average Bonchev–Trinajstić information content (AvgIpc) is 3.21. The number of carbonyl (C=O) groups excluding carboxylic acids is 1. The van der Waals surface area contributed by atoms with E-state index < -0.39 is 17.5 Å². The molecule has 2 aromatic heterocycles. The van der Waals surface area contributed by atoms with Crippen LogP contribution in [-0.2, 0) is 7.05 Å². The van der Waals surface area contributed by atoms with E-state index in [1.54, 1.807) is 10.9 Å². The lowest BCUT2D eigenvalue weighted by Gasteiger charge is -2.24. The van der Waals surface area contributed by atoms with Gasteiger partial charge < -0.3 is 21.3 Å². The highest BCUT2D eigenvalue weighted by Crippen LogP contribution is 2.34. The highest BCUT2D eigenvalue weighted by Gasteiger charge is 2.25. The monoisotopic (exact) mass is 461 g/mol. The van der Waals surface area contributed by atoms with Crippen LogP contribution >= 0.6 is 11.3 Å². The summed E-state index contributed by atoms with van der Waals surface area (Å²) in [5.74, 6) is -1.29. The van der Waals surface area contributed by atoms with Crippen LogP contribution in [0.25, 0.3) is 10.6 Å². The Kier molecular flexibility index (Phi) is 6.38. The van der Waals surface area contributed by atoms with E-state index in [0.717, 1.165) is 61.6 Å². The molecule has 11 heteroatoms. The topological polar surface area (TPSA) is 101 Å². The molecule has 0 bridgehead atoms. The van der Waals surface area contributed by atoms with Gasteiger partial charge in [-0.2, -0.15) is 5.10 Å². The number of aryl methyl sites for hydroxylation is 1. The minimum Gasteiger partial charge on any atom is -0.389 e. The van der Waals surface area contributed by atoms with Gasteiger partial charge in [0, 0.05) is 26.2 Å². The number of carbonyl (C=O) groups is 1. The molecule has 1 aliphatic rings. The number of hydrogen-bond acceptors (Lipinski definition) is 7. The first-order chi connectivity index (χ1) is 15.4. The summed E-state index contributed by atoms with van der Waals surface area (Å²) in [5, 5.41) is 10.5. The average molecular weight is 462 g/mol. The highest BCUT2D eigenvalue weighted by molar-refractivity contribution is 7.19. The normalized spacial score (nSPS) is 16.8. The van der Waals surface area contributed by atoms with Gasteiger partial charge in [-0.05, 0) is 38.4 Å². The molecule has 0 unspecified atom stereocenters. The number of nitrogen functional groups attached to an aromatic ring is 1. The fraction of sp³-hybridized carbons (Fsp3) is 0.381. The van der Waals surface area contributed by atoms with Crippen molar-refractivity contribution >= 4 is 33.8 Å². The first-order valence-corrected chi connectivity index (χ1v) is 11.2. The van der Waals surface area contributed by atoms with E-state index in [2.05, 4.69) is 25.6 Å². The van der Waals surface area contributed by atoms with Crippen LogP contribution in [0.15, 0.2) is 24.4 Å². The lowest BCUT2D eigenvalue weighted by atomic mass is 10.1. The minimum absolute atomic E-state index is 0.0142. The summed E-state index contributed by atoms with van der Waals surface area (Å²) in [6, 6.07) is 4.00. The molecule has 3 heterocycles. The Balaban J connectivity index is 1.58. The summed E-state index contributed by atoms with van der Waals surface area (Å²) in [6.45, 7) is 1.67. The van der Waals surface area contributed by atoms with Crippen molar-refractivity contribution in [1.29, 1.82) is 0 Å². The van der Waals surface area contributed by atoms with Crippen molar-refractivity contribution in [2.24, 2.45) is 7.05 Å². The summed E-state index contributed by atoms with van der Waals surface area (Å²) < 4.78 is 30.0. The number of amides is 1. The third-order valence-electron chi connectivity index (χ3n) is 5.64. The molecule has 1 fully saturated rings. The fourth-order valence-corrected chi connectivity index (χ4v) is 4.85. The fourth-order valence-electron chi connectivity index (χ4n) is 3.98. The van der Waals surface area contributed by atoms with Gasteiger partial charge in [-0.1, -0.05) is 17.4 Å². The van der Waals surface area contributed by atoms with E-state index in [1.807, 2.05) is 14.1 Å². The number of benzene rings is 1. The van der Waals surface area contributed by atoms with Gasteiger partial charge in [0.25, 0.3) is 5.91 Å². The Hall–Kier alpha value is -3.05. The second kappa shape index (κ2) is 9.21. The molecule has 170 valence electrons. The van der Waals surface area contributed by atoms with E-state index in [1.165, 1.54) is 6.07 Å². The third-order valence-corrected chi connectivity index (χ3v) is 6.54. The molecule has 0 spiro atoms. The summed E-state index contributed by atoms with van der Waals surface area (Å²) in [6.07, 6.45) is 4.65. The van der Waals surface area contributed by atoms with E-state index in [-0.39, 0.29) is 21.3 Å². The molecule has 0 aliphatic carbocycles. The number of rotatable bonds is 5. The molecule has 32 heavy (non-hydrogen) atoms. The SMILES string of the molecule is CN[C@@H]1CCCN(c2c(NC(=O)c3nc(-c4c(F)cccc4F)sc3N)cnn2C)CC1. The molecule has 1 atom stereocenters. The van der Waals surface area contributed by atoms with Crippen molar-refractivity contribution in [2.45, 2.75) is 25.3 Å². The number of nitrogens with two attached hydrogens (primary N) is 1. The van der Waals surface area contributed by atoms with Gasteiger partial charge >= 0.3 is 0 Å². The highest BCUT2D eigenvalue weighted by atomic mass is 32.1. The van der Waals surface area contributed by atoms with Crippen molar-refractivity contribution in [3.05, 3.63) is 41.7 Å². The zero-order valence-electron chi connectivity index (χ0n) is 17.9. The molecule has 3 aromatic rings. The van der Waals surface area contributed by atoms with E-state index >= 15 is 0 Å². The first kappa shape index (κ1) is 22.2. The summed E-state index contributed by atoms with van der Waals surface area (Å²) in [7, 11) is 3.79. The maximum absolute atomic E-state index is 14.1. The number of aromatic nitrogens is 3. The molecular formula is C21H25F2N7OS. The zero-order valence-corrected chi connectivity index (χ0v) is 18.7. The Bertz CT molecular complexity index is 1110. The van der Waals surface area contributed by atoms with Crippen molar-refractivity contribution in [1.82, 2.24) is 20.1 Å². The van der Waals surface area contributed by atoms with Gasteiger partial charge in [0.1, 0.15) is 27.3 Å². The van der Waals surface area contributed by atoms with Crippen LogP contribution < -0.4 is 21.3 Å². The number of nitrogens with one attached hydrogen (secondary N) is 2. The third kappa shape index (κ3) is 4.30.